The van der Waals surface area contributed by atoms with Crippen LogP contribution >= 0.6 is 0 Å². The second kappa shape index (κ2) is 10.3. The van der Waals surface area contributed by atoms with Gasteiger partial charge in [0.05, 0.1) is 23.6 Å². The summed E-state index contributed by atoms with van der Waals surface area (Å²) in [7, 11) is 3.16. The van der Waals surface area contributed by atoms with Crippen molar-refractivity contribution in [1.29, 1.82) is 0 Å². The number of halogens is 3. The molecule has 13 heteroatoms. The number of carbonyl (C=O) groups is 2. The van der Waals surface area contributed by atoms with E-state index in [1.165, 1.54) is 4.90 Å². The van der Waals surface area contributed by atoms with E-state index in [1.54, 1.807) is 20.2 Å². The first-order chi connectivity index (χ1) is 18.9. The number of nitrogens with two attached hydrogens (primary N) is 1. The third-order valence-corrected chi connectivity index (χ3v) is 8.83. The van der Waals surface area contributed by atoms with E-state index in [4.69, 9.17) is 5.73 Å². The third kappa shape index (κ3) is 4.68. The van der Waals surface area contributed by atoms with Crippen LogP contribution in [0.15, 0.2) is 28.7 Å². The number of aliphatic hydroxyl groups excluding tert-OH is 2. The number of likely N-dealkylation sites (N-methyl/N-ethyl adjacent to an activating group) is 1. The molecule has 1 aromatic rings. The molecule has 4 rings (SSSR count). The van der Waals surface area contributed by atoms with Gasteiger partial charge in [-0.05, 0) is 57.3 Å². The second-order valence-electron chi connectivity index (χ2n) is 11.5. The molecule has 0 bridgehead atoms. The maximum atomic E-state index is 14.0. The molecule has 0 heterocycles. The predicted octanol–water partition coefficient (Wildman–Crippen LogP) is 1.91. The van der Waals surface area contributed by atoms with Crippen molar-refractivity contribution >= 4 is 11.7 Å². The highest BCUT2D eigenvalue weighted by Gasteiger charge is 2.68. The van der Waals surface area contributed by atoms with E-state index >= 15 is 0 Å². The number of nitrogens with zero attached hydrogens (tertiary/aromatic N) is 1. The summed E-state index contributed by atoms with van der Waals surface area (Å²) in [6.07, 6.45) is -4.82. The summed E-state index contributed by atoms with van der Waals surface area (Å²) in [5.74, 6) is -5.66. The number of primary amides is 1. The first-order valence-electron chi connectivity index (χ1n) is 13.4. The smallest absolute Gasteiger partial charge is 0.390 e. The molecule has 0 fully saturated rings. The fourth-order valence-corrected chi connectivity index (χ4v) is 6.94. The van der Waals surface area contributed by atoms with E-state index in [2.05, 4.69) is 5.32 Å². The summed E-state index contributed by atoms with van der Waals surface area (Å²) in [6.45, 7) is 2.30. The number of ketones is 1. The minimum absolute atomic E-state index is 0.0147. The zero-order valence-corrected chi connectivity index (χ0v) is 23.3. The molecule has 5 atom stereocenters. The van der Waals surface area contributed by atoms with Gasteiger partial charge in [0.1, 0.15) is 22.9 Å². The maximum absolute atomic E-state index is 14.0. The van der Waals surface area contributed by atoms with E-state index in [0.717, 1.165) is 6.92 Å². The largest absolute Gasteiger partial charge is 0.510 e. The van der Waals surface area contributed by atoms with Crippen LogP contribution < -0.4 is 11.1 Å². The lowest BCUT2D eigenvalue weighted by Crippen LogP contribution is -2.70. The van der Waals surface area contributed by atoms with Crippen molar-refractivity contribution in [3.63, 3.8) is 0 Å². The van der Waals surface area contributed by atoms with Gasteiger partial charge in [0.15, 0.2) is 11.4 Å². The summed E-state index contributed by atoms with van der Waals surface area (Å²) in [4.78, 5) is 27.8. The number of hydrogen-bond acceptors (Lipinski definition) is 9. The molecule has 3 aliphatic carbocycles. The first-order valence-corrected chi connectivity index (χ1v) is 13.4. The number of phenolic OH excluding ortho intramolecular Hbond substituents is 1. The van der Waals surface area contributed by atoms with Gasteiger partial charge in [-0.1, -0.05) is 13.0 Å². The monoisotopic (exact) mass is 583 g/mol. The van der Waals surface area contributed by atoms with Crippen molar-refractivity contribution in [3.05, 3.63) is 51.0 Å². The Labute approximate surface area is 235 Å². The van der Waals surface area contributed by atoms with Crippen molar-refractivity contribution in [2.45, 2.75) is 69.5 Å². The Morgan fingerprint density at radius 3 is 2.37 bits per heavy atom. The predicted molar refractivity (Wildman–Crippen MR) is 141 cm³/mol. The number of benzene rings is 1. The summed E-state index contributed by atoms with van der Waals surface area (Å²) in [5, 5.41) is 59.9. The fraction of sp³-hybridized carbons (Fsp3) is 0.571. The van der Waals surface area contributed by atoms with Crippen LogP contribution in [0, 0.1) is 11.8 Å². The normalized spacial score (nSPS) is 29.9. The Bertz CT molecular complexity index is 1350. The molecule has 3 aliphatic rings. The fourth-order valence-electron chi connectivity index (χ4n) is 6.94. The molecule has 1 unspecified atom stereocenters. The molecule has 1 amide bonds. The SMILES string of the molecule is CCc1cc(CNCCC(F)(F)F)c(O)c2c1C[C@H]1C[C@H]3[C@H](N(C)C)C(O)=C(C(N)=O)C(C)(O)[C@@]3(O)C(O)=C1C2=O. The van der Waals surface area contributed by atoms with Crippen molar-refractivity contribution in [2.75, 3.05) is 20.6 Å². The van der Waals surface area contributed by atoms with Gasteiger partial charge >= 0.3 is 6.18 Å². The van der Waals surface area contributed by atoms with Gasteiger partial charge in [-0.3, -0.25) is 14.5 Å². The lowest BCUT2D eigenvalue weighted by Gasteiger charge is -2.57. The Kier molecular flexibility index (Phi) is 7.74. The van der Waals surface area contributed by atoms with Crippen LogP contribution in [0.25, 0.3) is 0 Å². The zero-order valence-electron chi connectivity index (χ0n) is 23.3. The number of alkyl halides is 3. The van der Waals surface area contributed by atoms with Crippen molar-refractivity contribution in [3.8, 4) is 5.75 Å². The van der Waals surface area contributed by atoms with Crippen LogP contribution in [-0.2, 0) is 24.2 Å². The van der Waals surface area contributed by atoms with Gasteiger partial charge in [-0.15, -0.1) is 0 Å². The Hall–Kier alpha value is -3.13. The number of aryl methyl sites for hydroxylation is 1. The van der Waals surface area contributed by atoms with Gasteiger partial charge < -0.3 is 36.6 Å². The molecule has 1 aromatic carbocycles. The number of allylic oxidation sites excluding steroid dienone is 1. The number of nitrogens with one attached hydrogen (secondary N) is 1. The summed E-state index contributed by atoms with van der Waals surface area (Å²) in [5.41, 5.74) is 0.585. The molecule has 226 valence electrons. The van der Waals surface area contributed by atoms with Crippen LogP contribution in [0.5, 0.6) is 5.75 Å². The van der Waals surface area contributed by atoms with Crippen molar-refractivity contribution < 1.29 is 48.3 Å². The molecule has 0 saturated heterocycles. The molecule has 41 heavy (non-hydrogen) atoms. The average Bonchev–Trinajstić information content (AvgIpc) is 2.83. The van der Waals surface area contributed by atoms with Crippen LogP contribution in [0.3, 0.4) is 0 Å². The highest BCUT2D eigenvalue weighted by Crippen LogP contribution is 2.57. The lowest BCUT2D eigenvalue weighted by atomic mass is 9.54. The van der Waals surface area contributed by atoms with Gasteiger partial charge in [0.25, 0.3) is 5.91 Å². The molecule has 10 nitrogen and oxygen atoms in total. The standard InChI is InChI=1S/C28H36F3N3O7/c1-5-12-8-14(11-33-7-6-27(29,30)31)21(35)18-15(12)9-13-10-16-20(34(3)4)23(37)19(25(32)39)26(2,40)28(16,41)24(38)17(13)22(18)36/h8,13,16,20,33,35,37-38,40-41H,5-7,9-11H2,1-4H3,(H2,32,39)/t13-,16-,20-,26?,28-/m0/s1. The van der Waals surface area contributed by atoms with E-state index in [9.17, 15) is 48.3 Å². The number of hydrogen-bond donors (Lipinski definition) is 7. The summed E-state index contributed by atoms with van der Waals surface area (Å²) < 4.78 is 37.7. The number of carbonyl (C=O) groups excluding carboxylic acids is 2. The van der Waals surface area contributed by atoms with Crippen molar-refractivity contribution in [1.82, 2.24) is 10.2 Å². The Morgan fingerprint density at radius 2 is 1.83 bits per heavy atom. The minimum Gasteiger partial charge on any atom is -0.510 e. The number of aromatic hydroxyl groups is 1. The van der Waals surface area contributed by atoms with Gasteiger partial charge in [0, 0.05) is 30.1 Å². The number of fused-ring (bicyclic) bond motifs is 3. The molecule has 0 radical (unpaired) electrons. The van der Waals surface area contributed by atoms with Gasteiger partial charge in [-0.2, -0.15) is 13.2 Å². The van der Waals surface area contributed by atoms with Crippen LogP contribution in [0.2, 0.25) is 0 Å². The molecular weight excluding hydrogens is 547 g/mol. The quantitative estimate of drug-likeness (QED) is 0.236. The highest BCUT2D eigenvalue weighted by atomic mass is 19.4. The minimum atomic E-state index is -4.36. The van der Waals surface area contributed by atoms with Gasteiger partial charge in [0.2, 0.25) is 0 Å². The molecule has 0 aliphatic heterocycles. The van der Waals surface area contributed by atoms with Crippen molar-refractivity contribution in [2.24, 2.45) is 17.6 Å². The zero-order chi connectivity index (χ0) is 30.8. The number of Topliss-reactive ketones (excluding diaryl/α,β-unsaturated/α-hetero) is 1. The van der Waals surface area contributed by atoms with Crippen LogP contribution in [0.1, 0.15) is 53.7 Å². The first kappa shape index (κ1) is 30.8. The molecule has 8 N–H and O–H groups in total. The Balaban J connectivity index is 1.85. The summed E-state index contributed by atoms with van der Waals surface area (Å²) in [6, 6.07) is 0.587. The van der Waals surface area contributed by atoms with E-state index in [0.29, 0.717) is 17.5 Å². The highest BCUT2D eigenvalue weighted by molar-refractivity contribution is 6.14. The van der Waals surface area contributed by atoms with Gasteiger partial charge in [-0.25, -0.2) is 0 Å². The number of aliphatic hydroxyl groups is 4. The lowest BCUT2D eigenvalue weighted by molar-refractivity contribution is -0.183. The molecule has 0 aromatic heterocycles. The molecular formula is C28H36F3N3O7. The third-order valence-electron chi connectivity index (χ3n) is 8.83. The number of phenols is 1. The number of rotatable bonds is 7. The maximum Gasteiger partial charge on any atom is 0.390 e. The van der Waals surface area contributed by atoms with E-state index in [1.807, 2.05) is 6.92 Å². The molecule has 0 spiro atoms. The Morgan fingerprint density at radius 1 is 1.20 bits per heavy atom. The topological polar surface area (TPSA) is 177 Å². The van der Waals surface area contributed by atoms with Crippen LogP contribution in [-0.4, -0.2) is 86.2 Å². The van der Waals surface area contributed by atoms with E-state index in [-0.39, 0.29) is 36.1 Å². The van der Waals surface area contributed by atoms with E-state index < -0.39 is 82.8 Å². The summed E-state index contributed by atoms with van der Waals surface area (Å²) >= 11 is 0. The number of amides is 1. The average molecular weight is 584 g/mol. The van der Waals surface area contributed by atoms with Crippen LogP contribution in [0.4, 0.5) is 13.2 Å². The molecule has 0 saturated carbocycles. The second-order valence-corrected chi connectivity index (χ2v) is 11.5.